The lowest BCUT2D eigenvalue weighted by atomic mass is 10.2. The zero-order chi connectivity index (χ0) is 10.5. The van der Waals surface area contributed by atoms with Crippen LogP contribution in [0.4, 0.5) is 5.69 Å². The molecule has 0 unspecified atom stereocenters. The van der Waals surface area contributed by atoms with E-state index < -0.39 is 0 Å². The van der Waals surface area contributed by atoms with Crippen LogP contribution in [-0.2, 0) is 0 Å². The molecule has 16 heavy (non-hydrogen) atoms. The van der Waals surface area contributed by atoms with E-state index >= 15 is 0 Å². The molecule has 0 bridgehead atoms. The van der Waals surface area contributed by atoms with Gasteiger partial charge in [0.1, 0.15) is 12.4 Å². The van der Waals surface area contributed by atoms with Crippen LogP contribution in [0.15, 0.2) is 41.4 Å². The lowest BCUT2D eigenvalue weighted by Crippen LogP contribution is -1.97. The second-order valence-corrected chi connectivity index (χ2v) is 4.05. The Morgan fingerprint density at radius 1 is 1.06 bits per heavy atom. The number of nitrogens with zero attached hydrogens (tertiary/aromatic N) is 1. The van der Waals surface area contributed by atoms with Crippen LogP contribution in [0.3, 0.4) is 0 Å². The molecule has 0 radical (unpaired) electrons. The van der Waals surface area contributed by atoms with Crippen LogP contribution in [0.25, 0.3) is 6.08 Å². The molecule has 0 N–H and O–H groups in total. The standard InChI is InChI=1S/C14H9NO/c1-2-4-12-10(3-1)11-8-14-9(5-6-16-14)7-13(11)15-12/h1-5,7-8H,6H2. The molecule has 2 aromatic rings. The summed E-state index contributed by atoms with van der Waals surface area (Å²) >= 11 is 0. The molecule has 2 nitrogen and oxygen atoms in total. The Bertz CT molecular complexity index is 806. The number of rotatable bonds is 0. The number of benzene rings is 2. The van der Waals surface area contributed by atoms with Crippen molar-refractivity contribution in [3.63, 3.8) is 0 Å². The summed E-state index contributed by atoms with van der Waals surface area (Å²) < 4.78 is 5.54. The van der Waals surface area contributed by atoms with E-state index in [4.69, 9.17) is 4.74 Å². The minimum Gasteiger partial charge on any atom is -0.489 e. The van der Waals surface area contributed by atoms with Crippen LogP contribution >= 0.6 is 0 Å². The minimum absolute atomic E-state index is 0.680. The number of hydrogen-bond acceptors (Lipinski definition) is 2. The molecule has 0 aliphatic carbocycles. The SMILES string of the molecule is C1=c2cc3c(cc2OC1)=c1ccccc1=N3. The van der Waals surface area contributed by atoms with E-state index in [0.717, 1.165) is 22.0 Å². The first-order valence-corrected chi connectivity index (χ1v) is 5.37. The molecule has 2 aliphatic heterocycles. The Kier molecular flexibility index (Phi) is 1.38. The molecule has 0 atom stereocenters. The molecular formula is C14H9NO. The zero-order valence-corrected chi connectivity index (χ0v) is 8.60. The van der Waals surface area contributed by atoms with Crippen LogP contribution in [0.2, 0.25) is 0 Å². The van der Waals surface area contributed by atoms with Gasteiger partial charge in [-0.2, -0.15) is 0 Å². The minimum atomic E-state index is 0.680. The Labute approximate surface area is 91.8 Å². The normalized spacial score (nSPS) is 14.2. The van der Waals surface area contributed by atoms with Crippen molar-refractivity contribution in [1.29, 1.82) is 0 Å². The van der Waals surface area contributed by atoms with E-state index in [1.165, 1.54) is 10.4 Å². The van der Waals surface area contributed by atoms with Crippen LogP contribution in [0.1, 0.15) is 0 Å². The summed E-state index contributed by atoms with van der Waals surface area (Å²) in [4.78, 5) is 4.62. The highest BCUT2D eigenvalue weighted by Gasteiger charge is 2.09. The Morgan fingerprint density at radius 2 is 2.00 bits per heavy atom. The molecule has 2 heteroatoms. The highest BCUT2D eigenvalue weighted by molar-refractivity contribution is 5.52. The first-order valence-electron chi connectivity index (χ1n) is 5.37. The van der Waals surface area contributed by atoms with Crippen LogP contribution in [-0.4, -0.2) is 6.61 Å². The summed E-state index contributed by atoms with van der Waals surface area (Å²) in [6.07, 6.45) is 2.09. The monoisotopic (exact) mass is 207 g/mol. The van der Waals surface area contributed by atoms with Crippen molar-refractivity contribution in [2.24, 2.45) is 4.99 Å². The van der Waals surface area contributed by atoms with E-state index in [-0.39, 0.29) is 0 Å². The average molecular weight is 207 g/mol. The van der Waals surface area contributed by atoms with Gasteiger partial charge >= 0.3 is 0 Å². The van der Waals surface area contributed by atoms with Crippen molar-refractivity contribution in [3.8, 4) is 5.75 Å². The third-order valence-electron chi connectivity index (χ3n) is 3.11. The fourth-order valence-corrected chi connectivity index (χ4v) is 2.33. The van der Waals surface area contributed by atoms with Gasteiger partial charge in [-0.25, -0.2) is 4.99 Å². The summed E-state index contributed by atoms with van der Waals surface area (Å²) in [6.45, 7) is 0.680. The lowest BCUT2D eigenvalue weighted by Gasteiger charge is -1.97. The van der Waals surface area contributed by atoms with E-state index in [1.54, 1.807) is 0 Å². The molecule has 0 spiro atoms. The van der Waals surface area contributed by atoms with Crippen molar-refractivity contribution in [3.05, 3.63) is 57.4 Å². The van der Waals surface area contributed by atoms with Gasteiger partial charge in [0.25, 0.3) is 0 Å². The highest BCUT2D eigenvalue weighted by atomic mass is 16.5. The summed E-state index contributed by atoms with van der Waals surface area (Å²) in [7, 11) is 0. The molecule has 4 rings (SSSR count). The molecule has 2 heterocycles. The van der Waals surface area contributed by atoms with Gasteiger partial charge in [-0.05, 0) is 24.3 Å². The first-order chi connectivity index (χ1) is 7.92. The van der Waals surface area contributed by atoms with Crippen molar-refractivity contribution in [1.82, 2.24) is 0 Å². The Hall–Kier alpha value is -2.09. The first kappa shape index (κ1) is 8.11. The van der Waals surface area contributed by atoms with E-state index in [2.05, 4.69) is 29.3 Å². The average Bonchev–Trinajstić information content (AvgIpc) is 2.88. The lowest BCUT2D eigenvalue weighted by molar-refractivity contribution is 0.385. The van der Waals surface area contributed by atoms with Crippen molar-refractivity contribution >= 4 is 11.8 Å². The van der Waals surface area contributed by atoms with Gasteiger partial charge in [-0.1, -0.05) is 18.2 Å². The second-order valence-electron chi connectivity index (χ2n) is 4.05. The van der Waals surface area contributed by atoms with Crippen LogP contribution < -0.4 is 15.3 Å². The maximum atomic E-state index is 5.54. The molecule has 0 saturated heterocycles. The summed E-state index contributed by atoms with van der Waals surface area (Å²) in [5, 5.41) is 4.61. The highest BCUT2D eigenvalue weighted by Crippen LogP contribution is 2.21. The largest absolute Gasteiger partial charge is 0.489 e. The number of fused-ring (bicyclic) bond motifs is 3. The van der Waals surface area contributed by atoms with Gasteiger partial charge in [0.2, 0.25) is 0 Å². The predicted molar refractivity (Wildman–Crippen MR) is 61.0 cm³/mol. The van der Waals surface area contributed by atoms with Gasteiger partial charge in [-0.15, -0.1) is 0 Å². The molecule has 0 amide bonds. The third kappa shape index (κ3) is 0.936. The molecule has 0 aromatic heterocycles. The molecule has 2 aliphatic rings. The number of hydrogen-bond donors (Lipinski definition) is 0. The smallest absolute Gasteiger partial charge is 0.127 e. The summed E-state index contributed by atoms with van der Waals surface area (Å²) in [5.41, 5.74) is 1.06. The Morgan fingerprint density at radius 3 is 3.00 bits per heavy atom. The van der Waals surface area contributed by atoms with Crippen LogP contribution in [0.5, 0.6) is 5.75 Å². The predicted octanol–water partition coefficient (Wildman–Crippen LogP) is 1.41. The molecule has 0 fully saturated rings. The van der Waals surface area contributed by atoms with E-state index in [9.17, 15) is 0 Å². The Balaban J connectivity index is 2.28. The topological polar surface area (TPSA) is 21.6 Å². The maximum absolute atomic E-state index is 5.54. The fourth-order valence-electron chi connectivity index (χ4n) is 2.33. The van der Waals surface area contributed by atoms with Gasteiger partial charge in [0.05, 0.1) is 11.0 Å². The molecular weight excluding hydrogens is 198 g/mol. The molecule has 76 valence electrons. The van der Waals surface area contributed by atoms with Crippen molar-refractivity contribution in [2.75, 3.05) is 6.61 Å². The summed E-state index contributed by atoms with van der Waals surface area (Å²) in [6, 6.07) is 12.4. The number of ether oxygens (including phenoxy) is 1. The third-order valence-corrected chi connectivity index (χ3v) is 3.11. The molecule has 2 aromatic carbocycles. The molecule has 0 saturated carbocycles. The van der Waals surface area contributed by atoms with E-state index in [1.807, 2.05) is 18.2 Å². The van der Waals surface area contributed by atoms with E-state index in [0.29, 0.717) is 6.61 Å². The zero-order valence-electron chi connectivity index (χ0n) is 8.60. The van der Waals surface area contributed by atoms with Crippen LogP contribution in [0, 0.1) is 10.4 Å². The van der Waals surface area contributed by atoms with Gasteiger partial charge < -0.3 is 4.74 Å². The van der Waals surface area contributed by atoms with Gasteiger partial charge in [0.15, 0.2) is 0 Å². The number of para-hydroxylation sites is 1. The summed E-state index contributed by atoms with van der Waals surface area (Å²) in [5.74, 6) is 0.977. The fraction of sp³-hybridized carbons (Fsp3) is 0.0714. The van der Waals surface area contributed by atoms with Crippen molar-refractivity contribution < 1.29 is 4.74 Å². The van der Waals surface area contributed by atoms with Gasteiger partial charge in [-0.3, -0.25) is 0 Å². The second kappa shape index (κ2) is 2.73. The van der Waals surface area contributed by atoms with Gasteiger partial charge in [0, 0.05) is 15.7 Å². The maximum Gasteiger partial charge on any atom is 0.127 e. The van der Waals surface area contributed by atoms with Crippen molar-refractivity contribution in [2.45, 2.75) is 0 Å². The quantitative estimate of drug-likeness (QED) is 0.546.